The number of aliphatic imine (C=N–C) groups is 1. The Labute approximate surface area is 156 Å². The minimum Gasteiger partial charge on any atom is -0.385 e. The standard InChI is InChI=1S/C19H23FN4OS/c1-12-9-15-18(24-7-6-21-14(11-24)5-8-25-2)22-17-10-13(20)3-4-16(17)23-19(15)26-12/h3-4,9-10,14,21,23H,5-8,11H2,1-2H3. The van der Waals surface area contributed by atoms with Crippen LogP contribution in [0.5, 0.6) is 0 Å². The summed E-state index contributed by atoms with van der Waals surface area (Å²) >= 11 is 1.71. The SMILES string of the molecule is COCCC1CN(C2=Nc3cc(F)ccc3Nc3sc(C)cc32)CCN1. The summed E-state index contributed by atoms with van der Waals surface area (Å²) in [5, 5.41) is 8.06. The van der Waals surface area contributed by atoms with Gasteiger partial charge in [0.1, 0.15) is 16.7 Å². The van der Waals surface area contributed by atoms with Gasteiger partial charge in [-0.2, -0.15) is 0 Å². The summed E-state index contributed by atoms with van der Waals surface area (Å²) in [7, 11) is 1.73. The minimum absolute atomic E-state index is 0.270. The van der Waals surface area contributed by atoms with Gasteiger partial charge in [0.15, 0.2) is 0 Å². The van der Waals surface area contributed by atoms with Crippen molar-refractivity contribution in [1.29, 1.82) is 0 Å². The summed E-state index contributed by atoms with van der Waals surface area (Å²) in [6.45, 7) is 5.47. The topological polar surface area (TPSA) is 48.9 Å². The Morgan fingerprint density at radius 3 is 3.12 bits per heavy atom. The minimum atomic E-state index is -0.270. The third kappa shape index (κ3) is 3.47. The van der Waals surface area contributed by atoms with Crippen LogP contribution in [0, 0.1) is 12.7 Å². The van der Waals surface area contributed by atoms with E-state index in [-0.39, 0.29) is 5.82 Å². The molecule has 4 rings (SSSR count). The summed E-state index contributed by atoms with van der Waals surface area (Å²) < 4.78 is 19.0. The van der Waals surface area contributed by atoms with Gasteiger partial charge >= 0.3 is 0 Å². The molecule has 2 aliphatic heterocycles. The van der Waals surface area contributed by atoms with Gasteiger partial charge in [-0.15, -0.1) is 11.3 Å². The molecule has 1 aromatic carbocycles. The molecule has 0 spiro atoms. The molecule has 1 aromatic heterocycles. The maximum Gasteiger partial charge on any atom is 0.139 e. The number of aryl methyl sites for hydroxylation is 1. The Morgan fingerprint density at radius 1 is 1.38 bits per heavy atom. The summed E-state index contributed by atoms with van der Waals surface area (Å²) in [6.07, 6.45) is 0.958. The van der Waals surface area contributed by atoms with Crippen LogP contribution in [0.1, 0.15) is 16.9 Å². The van der Waals surface area contributed by atoms with Crippen LogP contribution in [0.3, 0.4) is 0 Å². The summed E-state index contributed by atoms with van der Waals surface area (Å²) in [4.78, 5) is 8.42. The van der Waals surface area contributed by atoms with Gasteiger partial charge in [0, 0.05) is 50.3 Å². The number of hydrogen-bond acceptors (Lipinski definition) is 6. The fraction of sp³-hybridized carbons (Fsp3) is 0.421. The number of halogens is 1. The third-order valence-electron chi connectivity index (χ3n) is 4.76. The molecule has 0 saturated carbocycles. The van der Waals surface area contributed by atoms with Crippen LogP contribution in [0.25, 0.3) is 0 Å². The zero-order chi connectivity index (χ0) is 18.1. The Kier molecular flexibility index (Phi) is 4.93. The van der Waals surface area contributed by atoms with Crippen molar-refractivity contribution in [3.63, 3.8) is 0 Å². The van der Waals surface area contributed by atoms with Crippen LogP contribution in [0.15, 0.2) is 29.3 Å². The van der Waals surface area contributed by atoms with E-state index in [9.17, 15) is 4.39 Å². The number of fused-ring (bicyclic) bond motifs is 2. The molecule has 2 N–H and O–H groups in total. The van der Waals surface area contributed by atoms with Crippen molar-refractivity contribution in [1.82, 2.24) is 10.2 Å². The molecule has 1 saturated heterocycles. The lowest BCUT2D eigenvalue weighted by Gasteiger charge is -2.35. The molecule has 7 heteroatoms. The second-order valence-electron chi connectivity index (χ2n) is 6.70. The lowest BCUT2D eigenvalue weighted by atomic mass is 10.1. The van der Waals surface area contributed by atoms with Gasteiger partial charge in [-0.05, 0) is 31.5 Å². The molecule has 0 radical (unpaired) electrons. The van der Waals surface area contributed by atoms with E-state index in [4.69, 9.17) is 9.73 Å². The lowest BCUT2D eigenvalue weighted by molar-refractivity contribution is 0.168. The molecular weight excluding hydrogens is 351 g/mol. The first-order valence-electron chi connectivity index (χ1n) is 8.87. The molecule has 3 heterocycles. The van der Waals surface area contributed by atoms with E-state index in [1.54, 1.807) is 24.5 Å². The monoisotopic (exact) mass is 374 g/mol. The fourth-order valence-corrected chi connectivity index (χ4v) is 4.41. The predicted octanol–water partition coefficient (Wildman–Crippen LogP) is 3.64. The van der Waals surface area contributed by atoms with Gasteiger partial charge in [0.05, 0.1) is 16.9 Å². The van der Waals surface area contributed by atoms with Gasteiger partial charge in [0.25, 0.3) is 0 Å². The third-order valence-corrected chi connectivity index (χ3v) is 5.72. The second-order valence-corrected chi connectivity index (χ2v) is 7.96. The van der Waals surface area contributed by atoms with E-state index in [1.165, 1.54) is 17.0 Å². The molecule has 1 atom stereocenters. The fourth-order valence-electron chi connectivity index (χ4n) is 3.49. The molecule has 26 heavy (non-hydrogen) atoms. The Bertz CT molecular complexity index is 835. The molecule has 0 amide bonds. The zero-order valence-corrected chi connectivity index (χ0v) is 15.8. The van der Waals surface area contributed by atoms with E-state index in [0.29, 0.717) is 11.7 Å². The van der Waals surface area contributed by atoms with Crippen molar-refractivity contribution in [3.05, 3.63) is 40.5 Å². The van der Waals surface area contributed by atoms with Crippen LogP contribution in [-0.4, -0.2) is 50.1 Å². The molecule has 0 aliphatic carbocycles. The number of amidine groups is 1. The Morgan fingerprint density at radius 2 is 2.27 bits per heavy atom. The van der Waals surface area contributed by atoms with Crippen LogP contribution in [0.4, 0.5) is 20.8 Å². The summed E-state index contributed by atoms with van der Waals surface area (Å²) in [5.41, 5.74) is 2.58. The molecule has 1 fully saturated rings. The molecule has 0 bridgehead atoms. The molecule has 5 nitrogen and oxygen atoms in total. The van der Waals surface area contributed by atoms with Crippen molar-refractivity contribution >= 4 is 33.5 Å². The number of piperazine rings is 1. The molecule has 1 unspecified atom stereocenters. The highest BCUT2D eigenvalue weighted by atomic mass is 32.1. The van der Waals surface area contributed by atoms with Crippen LogP contribution >= 0.6 is 11.3 Å². The van der Waals surface area contributed by atoms with Gasteiger partial charge in [-0.3, -0.25) is 0 Å². The van der Waals surface area contributed by atoms with Gasteiger partial charge in [-0.25, -0.2) is 9.38 Å². The number of rotatable bonds is 3. The van der Waals surface area contributed by atoms with Gasteiger partial charge in [-0.1, -0.05) is 0 Å². The predicted molar refractivity (Wildman–Crippen MR) is 105 cm³/mol. The highest BCUT2D eigenvalue weighted by Crippen LogP contribution is 2.39. The van der Waals surface area contributed by atoms with Crippen molar-refractivity contribution in [3.8, 4) is 0 Å². The molecule has 2 aromatic rings. The maximum atomic E-state index is 13.8. The van der Waals surface area contributed by atoms with Crippen molar-refractivity contribution in [2.45, 2.75) is 19.4 Å². The maximum absolute atomic E-state index is 13.8. The molecule has 138 valence electrons. The highest BCUT2D eigenvalue weighted by molar-refractivity contribution is 7.16. The van der Waals surface area contributed by atoms with E-state index in [1.807, 2.05) is 0 Å². The largest absolute Gasteiger partial charge is 0.385 e. The Hall–Kier alpha value is -1.96. The number of nitrogens with one attached hydrogen (secondary N) is 2. The van der Waals surface area contributed by atoms with Crippen LogP contribution in [-0.2, 0) is 4.74 Å². The zero-order valence-electron chi connectivity index (χ0n) is 15.0. The molecule has 2 aliphatic rings. The summed E-state index contributed by atoms with van der Waals surface area (Å²) in [6, 6.07) is 7.25. The van der Waals surface area contributed by atoms with Crippen molar-refractivity contribution in [2.75, 3.05) is 38.7 Å². The van der Waals surface area contributed by atoms with E-state index < -0.39 is 0 Å². The van der Waals surface area contributed by atoms with Gasteiger partial charge in [0.2, 0.25) is 0 Å². The number of ether oxygens (including phenoxy) is 1. The number of nitrogens with zero attached hydrogens (tertiary/aromatic N) is 2. The first kappa shape index (κ1) is 17.5. The van der Waals surface area contributed by atoms with E-state index >= 15 is 0 Å². The first-order chi connectivity index (χ1) is 12.6. The number of thiophene rings is 1. The van der Waals surface area contributed by atoms with Crippen molar-refractivity contribution in [2.24, 2.45) is 4.99 Å². The quantitative estimate of drug-likeness (QED) is 0.861. The van der Waals surface area contributed by atoms with Crippen molar-refractivity contribution < 1.29 is 9.13 Å². The van der Waals surface area contributed by atoms with Crippen LogP contribution in [0.2, 0.25) is 0 Å². The smallest absolute Gasteiger partial charge is 0.139 e. The Balaban J connectivity index is 1.72. The normalized spacial score (nSPS) is 19.3. The number of methoxy groups -OCH3 is 1. The number of benzene rings is 1. The lowest BCUT2D eigenvalue weighted by Crippen LogP contribution is -2.53. The first-order valence-corrected chi connectivity index (χ1v) is 9.69. The highest BCUT2D eigenvalue weighted by Gasteiger charge is 2.27. The van der Waals surface area contributed by atoms with E-state index in [2.05, 4.69) is 28.5 Å². The van der Waals surface area contributed by atoms with Crippen LogP contribution < -0.4 is 10.6 Å². The average Bonchev–Trinajstić information content (AvgIpc) is 2.93. The summed E-state index contributed by atoms with van der Waals surface area (Å²) in [5.74, 6) is 0.651. The average molecular weight is 374 g/mol. The molecular formula is C19H23FN4OS. The van der Waals surface area contributed by atoms with E-state index in [0.717, 1.165) is 54.7 Å². The number of anilines is 2. The van der Waals surface area contributed by atoms with Gasteiger partial charge < -0.3 is 20.3 Å². The number of hydrogen-bond donors (Lipinski definition) is 2. The second kappa shape index (κ2) is 7.34.